The lowest BCUT2D eigenvalue weighted by Gasteiger charge is -2.37. The van der Waals surface area contributed by atoms with Gasteiger partial charge in [0.2, 0.25) is 0 Å². The molecule has 132 valence electrons. The van der Waals surface area contributed by atoms with Crippen molar-refractivity contribution in [1.82, 2.24) is 14.2 Å². The van der Waals surface area contributed by atoms with E-state index in [-0.39, 0.29) is 17.6 Å². The number of carbonyl (C=O) groups is 1. The summed E-state index contributed by atoms with van der Waals surface area (Å²) in [5.74, 6) is -0.354. The van der Waals surface area contributed by atoms with Crippen LogP contribution in [-0.4, -0.2) is 47.5 Å². The Balaban J connectivity index is 1.87. The zero-order valence-corrected chi connectivity index (χ0v) is 14.6. The van der Waals surface area contributed by atoms with Crippen molar-refractivity contribution in [3.05, 3.63) is 39.9 Å². The van der Waals surface area contributed by atoms with Gasteiger partial charge < -0.3 is 14.5 Å². The van der Waals surface area contributed by atoms with Crippen molar-refractivity contribution < 1.29 is 14.4 Å². The molecular weight excluding hydrogens is 322 g/mol. The molecule has 0 saturated carbocycles. The molecule has 2 aliphatic rings. The number of carbonyl (C=O) groups excluding carboxylic acids is 1. The van der Waals surface area contributed by atoms with Crippen LogP contribution in [0.2, 0.25) is 0 Å². The number of hydrogen-bond donors (Lipinski definition) is 0. The predicted molar refractivity (Wildman–Crippen MR) is 93.0 cm³/mol. The van der Waals surface area contributed by atoms with Crippen molar-refractivity contribution in [2.75, 3.05) is 27.3 Å². The van der Waals surface area contributed by atoms with Crippen LogP contribution in [0.4, 0.5) is 0 Å². The summed E-state index contributed by atoms with van der Waals surface area (Å²) in [5.41, 5.74) is 4.62. The largest absolute Gasteiger partial charge is 0.466 e. The molecule has 7 heteroatoms. The van der Waals surface area contributed by atoms with E-state index in [1.54, 1.807) is 4.57 Å². The number of rotatable bonds is 3. The van der Waals surface area contributed by atoms with E-state index in [4.69, 9.17) is 9.57 Å². The first-order valence-electron chi connectivity index (χ1n) is 8.45. The molecule has 0 amide bonds. The van der Waals surface area contributed by atoms with Gasteiger partial charge in [0.25, 0.3) is 0 Å². The summed E-state index contributed by atoms with van der Waals surface area (Å²) >= 11 is 0. The van der Waals surface area contributed by atoms with E-state index in [9.17, 15) is 9.59 Å². The van der Waals surface area contributed by atoms with E-state index >= 15 is 0 Å². The number of hydrogen-bond acceptors (Lipinski definition) is 5. The molecule has 0 spiro atoms. The molecule has 2 aromatic rings. The van der Waals surface area contributed by atoms with Gasteiger partial charge in [0.15, 0.2) is 0 Å². The van der Waals surface area contributed by atoms with Crippen LogP contribution in [-0.2, 0) is 16.1 Å². The number of imidazole rings is 1. The van der Waals surface area contributed by atoms with E-state index in [1.165, 1.54) is 11.8 Å². The molecule has 0 saturated heterocycles. The summed E-state index contributed by atoms with van der Waals surface area (Å²) in [7, 11) is 3.45. The lowest BCUT2D eigenvalue weighted by atomic mass is 9.86. The fraction of sp³-hybridized carbons (Fsp3) is 0.444. The molecule has 0 radical (unpaired) electrons. The van der Waals surface area contributed by atoms with Crippen molar-refractivity contribution in [2.24, 2.45) is 5.92 Å². The molecule has 0 bridgehead atoms. The monoisotopic (exact) mass is 343 g/mol. The van der Waals surface area contributed by atoms with Gasteiger partial charge in [-0.3, -0.25) is 9.36 Å². The Morgan fingerprint density at radius 1 is 1.36 bits per heavy atom. The van der Waals surface area contributed by atoms with Crippen LogP contribution in [0.25, 0.3) is 16.6 Å². The van der Waals surface area contributed by atoms with Crippen LogP contribution in [0.15, 0.2) is 28.7 Å². The van der Waals surface area contributed by atoms with Gasteiger partial charge in [-0.05, 0) is 25.0 Å². The second-order valence-corrected chi connectivity index (χ2v) is 6.48. The normalized spacial score (nSPS) is 19.2. The Hall–Kier alpha value is -2.70. The Bertz CT molecular complexity index is 953. The number of nitrogens with zero attached hydrogens (tertiary/aromatic N) is 3. The number of ether oxygens (including phenoxy) is 1. The van der Waals surface area contributed by atoms with Gasteiger partial charge >= 0.3 is 11.7 Å². The van der Waals surface area contributed by atoms with Gasteiger partial charge in [0.1, 0.15) is 12.6 Å². The number of benzene rings is 1. The maximum absolute atomic E-state index is 12.7. The van der Waals surface area contributed by atoms with Gasteiger partial charge in [0, 0.05) is 24.9 Å². The van der Waals surface area contributed by atoms with Crippen LogP contribution in [0.5, 0.6) is 0 Å². The smallest absolute Gasteiger partial charge is 0.362 e. The molecule has 1 aromatic heterocycles. The summed E-state index contributed by atoms with van der Waals surface area (Å²) < 4.78 is 8.29. The number of para-hydroxylation sites is 1. The first-order valence-corrected chi connectivity index (χ1v) is 8.45. The number of likely N-dealkylation sites (N-methyl/N-ethyl adjacent to an activating group) is 1. The highest BCUT2D eigenvalue weighted by Crippen LogP contribution is 2.40. The maximum Gasteiger partial charge on any atom is 0.362 e. The van der Waals surface area contributed by atoms with Gasteiger partial charge in [0.05, 0.1) is 24.6 Å². The molecule has 1 atom stereocenters. The van der Waals surface area contributed by atoms with Crippen molar-refractivity contribution in [3.63, 3.8) is 0 Å². The summed E-state index contributed by atoms with van der Waals surface area (Å²) in [4.78, 5) is 32.3. The number of aromatic nitrogens is 2. The summed E-state index contributed by atoms with van der Waals surface area (Å²) in [6.07, 6.45) is 0.629. The second kappa shape index (κ2) is 5.68. The highest BCUT2D eigenvalue weighted by Gasteiger charge is 2.35. The van der Waals surface area contributed by atoms with E-state index in [2.05, 4.69) is 4.90 Å². The quantitative estimate of drug-likeness (QED) is 0.781. The fourth-order valence-corrected chi connectivity index (χ4v) is 4.00. The maximum atomic E-state index is 12.7. The standard InChI is InChI=1S/C18H21N3O4/c1-4-25-17(22)11-8-13-12-6-5-7-14-16(12)20(18(23)21(14)24-3)10-15(13)19(2)9-11/h5-7,11H,4,8-10H2,1-3H3. The van der Waals surface area contributed by atoms with Gasteiger partial charge in [-0.1, -0.05) is 12.1 Å². The SMILES string of the molecule is CCOC(=O)C1CC2=C(Cn3c(=O)n(OC)c4cccc2c43)N(C)C1. The lowest BCUT2D eigenvalue weighted by Crippen LogP contribution is -2.39. The fourth-order valence-electron chi connectivity index (χ4n) is 4.00. The van der Waals surface area contributed by atoms with Crippen molar-refractivity contribution in [1.29, 1.82) is 0 Å². The molecule has 0 N–H and O–H groups in total. The molecule has 1 aromatic carbocycles. The molecule has 0 fully saturated rings. The van der Waals surface area contributed by atoms with E-state index in [1.807, 2.05) is 32.2 Å². The first-order chi connectivity index (χ1) is 12.1. The molecular formula is C18H21N3O4. The third-order valence-corrected chi connectivity index (χ3v) is 5.10. The Morgan fingerprint density at radius 3 is 2.88 bits per heavy atom. The van der Waals surface area contributed by atoms with E-state index < -0.39 is 0 Å². The molecule has 4 rings (SSSR count). The van der Waals surface area contributed by atoms with E-state index in [0.29, 0.717) is 26.1 Å². The Kier molecular flexibility index (Phi) is 3.59. The zero-order chi connectivity index (χ0) is 17.7. The number of fused-ring (bicyclic) bond motifs is 1. The molecule has 0 aliphatic carbocycles. The highest BCUT2D eigenvalue weighted by molar-refractivity contribution is 5.93. The highest BCUT2D eigenvalue weighted by atomic mass is 16.7. The van der Waals surface area contributed by atoms with Crippen LogP contribution >= 0.6 is 0 Å². The Labute approximate surface area is 145 Å². The topological polar surface area (TPSA) is 65.7 Å². The summed E-state index contributed by atoms with van der Waals surface area (Å²) in [6.45, 7) is 3.30. The minimum absolute atomic E-state index is 0.162. The lowest BCUT2D eigenvalue weighted by molar-refractivity contribution is -0.148. The molecule has 3 heterocycles. The van der Waals surface area contributed by atoms with Crippen molar-refractivity contribution in [3.8, 4) is 0 Å². The first kappa shape index (κ1) is 15.8. The Morgan fingerprint density at radius 2 is 2.16 bits per heavy atom. The summed E-state index contributed by atoms with van der Waals surface area (Å²) in [6, 6.07) is 5.80. The van der Waals surface area contributed by atoms with Gasteiger partial charge in [-0.15, -0.1) is 4.73 Å². The van der Waals surface area contributed by atoms with Gasteiger partial charge in [-0.25, -0.2) is 4.79 Å². The van der Waals surface area contributed by atoms with Crippen LogP contribution in [0, 0.1) is 5.92 Å². The van der Waals surface area contributed by atoms with Crippen LogP contribution in [0.1, 0.15) is 18.9 Å². The zero-order valence-electron chi connectivity index (χ0n) is 14.6. The van der Waals surface area contributed by atoms with Gasteiger partial charge in [-0.2, -0.15) is 0 Å². The van der Waals surface area contributed by atoms with E-state index in [0.717, 1.165) is 27.9 Å². The predicted octanol–water partition coefficient (Wildman–Crippen LogP) is 1.10. The molecule has 25 heavy (non-hydrogen) atoms. The third-order valence-electron chi connectivity index (χ3n) is 5.10. The average molecular weight is 343 g/mol. The summed E-state index contributed by atoms with van der Waals surface area (Å²) in [5, 5.41) is 0. The molecule has 2 aliphatic heterocycles. The minimum atomic E-state index is -0.193. The number of allylic oxidation sites excluding steroid dienone is 2. The minimum Gasteiger partial charge on any atom is -0.466 e. The molecule has 1 unspecified atom stereocenters. The average Bonchev–Trinajstić information content (AvgIpc) is 2.88. The van der Waals surface area contributed by atoms with Crippen molar-refractivity contribution in [2.45, 2.75) is 19.9 Å². The van der Waals surface area contributed by atoms with Crippen LogP contribution in [0.3, 0.4) is 0 Å². The third kappa shape index (κ3) is 2.18. The van der Waals surface area contributed by atoms with Crippen molar-refractivity contribution >= 4 is 22.6 Å². The molecule has 7 nitrogen and oxygen atoms in total. The second-order valence-electron chi connectivity index (χ2n) is 6.48. The van der Waals surface area contributed by atoms with Crippen LogP contribution < -0.4 is 10.5 Å². The number of esters is 1.